The largest absolute Gasteiger partial charge is 0.300 e. The molecule has 17 heavy (non-hydrogen) atoms. The minimum absolute atomic E-state index is 0.195. The summed E-state index contributed by atoms with van der Waals surface area (Å²) in [4.78, 5) is 11.2. The van der Waals surface area contributed by atoms with Crippen LogP contribution in [0.4, 0.5) is 0 Å². The van der Waals surface area contributed by atoms with E-state index in [1.165, 1.54) is 11.1 Å². The van der Waals surface area contributed by atoms with E-state index in [1.807, 2.05) is 0 Å². The molecule has 0 heterocycles. The Morgan fingerprint density at radius 3 is 2.06 bits per heavy atom. The normalized spacial score (nSPS) is 13.5. The number of carbonyl (C=O) groups is 1. The summed E-state index contributed by atoms with van der Waals surface area (Å²) in [6.07, 6.45) is 1.68. The Labute approximate surface area is 105 Å². The molecular weight excluding hydrogens is 208 g/mol. The third kappa shape index (κ3) is 3.99. The zero-order chi connectivity index (χ0) is 13.1. The summed E-state index contributed by atoms with van der Waals surface area (Å²) < 4.78 is 0. The molecule has 1 nitrogen and oxygen atoms in total. The topological polar surface area (TPSA) is 17.1 Å². The average Bonchev–Trinajstić information content (AvgIpc) is 2.24. The summed E-state index contributed by atoms with van der Waals surface area (Å²) in [7, 11) is 0. The highest BCUT2D eigenvalue weighted by molar-refractivity contribution is 5.76. The predicted octanol–water partition coefficient (Wildman–Crippen LogP) is 4.46. The van der Waals surface area contributed by atoms with Crippen molar-refractivity contribution in [2.75, 3.05) is 0 Å². The van der Waals surface area contributed by atoms with Gasteiger partial charge in [-0.25, -0.2) is 0 Å². The first-order valence-electron chi connectivity index (χ1n) is 6.44. The average molecular weight is 232 g/mol. The number of hydrogen-bond acceptors (Lipinski definition) is 1. The molecule has 0 saturated carbocycles. The molecule has 0 aromatic heterocycles. The van der Waals surface area contributed by atoms with Crippen LogP contribution in [0, 0.1) is 0 Å². The van der Waals surface area contributed by atoms with Gasteiger partial charge in [-0.05, 0) is 35.8 Å². The first-order valence-corrected chi connectivity index (χ1v) is 6.44. The van der Waals surface area contributed by atoms with Crippen molar-refractivity contribution < 1.29 is 4.79 Å². The van der Waals surface area contributed by atoms with Gasteiger partial charge in [0.2, 0.25) is 0 Å². The first kappa shape index (κ1) is 14.0. The Balaban J connectivity index is 2.89. The maximum absolute atomic E-state index is 11.2. The van der Waals surface area contributed by atoms with Crippen molar-refractivity contribution in [2.24, 2.45) is 0 Å². The fraction of sp³-hybridized carbons (Fsp3) is 0.562. The van der Waals surface area contributed by atoms with Gasteiger partial charge in [0.05, 0.1) is 0 Å². The second-order valence-electron chi connectivity index (χ2n) is 5.88. The summed E-state index contributed by atoms with van der Waals surface area (Å²) >= 11 is 0. The molecule has 0 amide bonds. The second kappa shape index (κ2) is 5.48. The standard InChI is InChI=1S/C16H24O/c1-6-13(11-12(2)17)14-7-9-15(10-8-14)16(3,4)5/h7-10,13H,6,11H2,1-5H3. The number of hydrogen-bond donors (Lipinski definition) is 0. The van der Waals surface area contributed by atoms with Crippen molar-refractivity contribution >= 4 is 5.78 Å². The summed E-state index contributed by atoms with van der Waals surface area (Å²) in [6.45, 7) is 10.5. The van der Waals surface area contributed by atoms with Crippen LogP contribution < -0.4 is 0 Å². The molecule has 0 fully saturated rings. The molecule has 0 spiro atoms. The van der Waals surface area contributed by atoms with Crippen LogP contribution in [0.2, 0.25) is 0 Å². The maximum Gasteiger partial charge on any atom is 0.130 e. The van der Waals surface area contributed by atoms with Gasteiger partial charge >= 0.3 is 0 Å². The van der Waals surface area contributed by atoms with E-state index in [0.29, 0.717) is 12.3 Å². The molecular formula is C16H24O. The van der Waals surface area contributed by atoms with Crippen LogP contribution in [-0.4, -0.2) is 5.78 Å². The number of carbonyl (C=O) groups excluding carboxylic acids is 1. The smallest absolute Gasteiger partial charge is 0.130 e. The van der Waals surface area contributed by atoms with Gasteiger partial charge in [-0.3, -0.25) is 0 Å². The van der Waals surface area contributed by atoms with Gasteiger partial charge in [-0.15, -0.1) is 0 Å². The SMILES string of the molecule is CCC(CC(C)=O)c1ccc(C(C)(C)C)cc1. The number of Topliss-reactive ketones (excluding diaryl/α,β-unsaturated/α-hetero) is 1. The van der Waals surface area contributed by atoms with Crippen LogP contribution >= 0.6 is 0 Å². The van der Waals surface area contributed by atoms with Crippen molar-refractivity contribution in [1.29, 1.82) is 0 Å². The van der Waals surface area contributed by atoms with E-state index in [4.69, 9.17) is 0 Å². The first-order chi connectivity index (χ1) is 7.84. The molecule has 94 valence electrons. The molecule has 0 bridgehead atoms. The second-order valence-corrected chi connectivity index (χ2v) is 5.88. The van der Waals surface area contributed by atoms with Crippen molar-refractivity contribution in [3.63, 3.8) is 0 Å². The van der Waals surface area contributed by atoms with Crippen LogP contribution in [0.25, 0.3) is 0 Å². The highest BCUT2D eigenvalue weighted by atomic mass is 16.1. The number of ketones is 1. The monoisotopic (exact) mass is 232 g/mol. The van der Waals surface area contributed by atoms with Crippen molar-refractivity contribution in [2.45, 2.75) is 58.8 Å². The fourth-order valence-corrected chi connectivity index (χ4v) is 2.10. The lowest BCUT2D eigenvalue weighted by atomic mass is 9.84. The van der Waals surface area contributed by atoms with Crippen LogP contribution in [-0.2, 0) is 10.2 Å². The van der Waals surface area contributed by atoms with Crippen LogP contribution in [0.3, 0.4) is 0 Å². The highest BCUT2D eigenvalue weighted by Crippen LogP contribution is 2.27. The molecule has 0 saturated heterocycles. The van der Waals surface area contributed by atoms with Gasteiger partial charge in [-0.2, -0.15) is 0 Å². The lowest BCUT2D eigenvalue weighted by molar-refractivity contribution is -0.117. The molecule has 1 aromatic rings. The summed E-state index contributed by atoms with van der Waals surface area (Å²) in [5.74, 6) is 0.651. The summed E-state index contributed by atoms with van der Waals surface area (Å²) in [5, 5.41) is 0. The van der Waals surface area contributed by atoms with Gasteiger partial charge < -0.3 is 4.79 Å². The van der Waals surface area contributed by atoms with Gasteiger partial charge in [0, 0.05) is 6.42 Å². The molecule has 1 rings (SSSR count). The molecule has 0 aliphatic heterocycles. The van der Waals surface area contributed by atoms with E-state index in [9.17, 15) is 4.79 Å². The van der Waals surface area contributed by atoms with Gasteiger partial charge in [0.25, 0.3) is 0 Å². The molecule has 1 aromatic carbocycles. The Hall–Kier alpha value is -1.11. The molecule has 1 heteroatoms. The Kier molecular flexibility index (Phi) is 4.50. The molecule has 0 N–H and O–H groups in total. The molecule has 1 unspecified atom stereocenters. The van der Waals surface area contributed by atoms with Gasteiger partial charge in [-0.1, -0.05) is 52.0 Å². The van der Waals surface area contributed by atoms with Crippen LogP contribution in [0.1, 0.15) is 64.5 Å². The van der Waals surface area contributed by atoms with E-state index in [-0.39, 0.29) is 11.2 Å². The Morgan fingerprint density at radius 2 is 1.71 bits per heavy atom. The van der Waals surface area contributed by atoms with Gasteiger partial charge in [0.1, 0.15) is 5.78 Å². The molecule has 0 aliphatic carbocycles. The van der Waals surface area contributed by atoms with Crippen molar-refractivity contribution in [1.82, 2.24) is 0 Å². The third-order valence-electron chi connectivity index (χ3n) is 3.27. The van der Waals surface area contributed by atoms with E-state index in [2.05, 4.69) is 52.0 Å². The van der Waals surface area contributed by atoms with Crippen LogP contribution in [0.5, 0.6) is 0 Å². The summed E-state index contributed by atoms with van der Waals surface area (Å²) in [6, 6.07) is 8.74. The predicted molar refractivity (Wildman–Crippen MR) is 73.5 cm³/mol. The summed E-state index contributed by atoms with van der Waals surface area (Å²) in [5.41, 5.74) is 2.83. The number of rotatable bonds is 4. The zero-order valence-electron chi connectivity index (χ0n) is 11.7. The van der Waals surface area contributed by atoms with Gasteiger partial charge in [0.15, 0.2) is 0 Å². The Morgan fingerprint density at radius 1 is 1.18 bits per heavy atom. The van der Waals surface area contributed by atoms with Crippen molar-refractivity contribution in [3.8, 4) is 0 Å². The minimum Gasteiger partial charge on any atom is -0.300 e. The molecule has 1 atom stereocenters. The van der Waals surface area contributed by atoms with Crippen LogP contribution in [0.15, 0.2) is 24.3 Å². The molecule has 0 aliphatic rings. The van der Waals surface area contributed by atoms with E-state index < -0.39 is 0 Å². The van der Waals surface area contributed by atoms with Crippen molar-refractivity contribution in [3.05, 3.63) is 35.4 Å². The fourth-order valence-electron chi connectivity index (χ4n) is 2.10. The zero-order valence-corrected chi connectivity index (χ0v) is 11.7. The number of benzene rings is 1. The van der Waals surface area contributed by atoms with E-state index in [1.54, 1.807) is 6.92 Å². The lowest BCUT2D eigenvalue weighted by Gasteiger charge is -2.20. The molecule has 0 radical (unpaired) electrons. The highest BCUT2D eigenvalue weighted by Gasteiger charge is 2.15. The Bertz CT molecular complexity index is 368. The third-order valence-corrected chi connectivity index (χ3v) is 3.27. The lowest BCUT2D eigenvalue weighted by Crippen LogP contribution is -2.11. The minimum atomic E-state index is 0.195. The van der Waals surface area contributed by atoms with E-state index >= 15 is 0 Å². The maximum atomic E-state index is 11.2. The van der Waals surface area contributed by atoms with E-state index in [0.717, 1.165) is 6.42 Å². The quantitative estimate of drug-likeness (QED) is 0.749.